The van der Waals surface area contributed by atoms with Crippen LogP contribution in [0.2, 0.25) is 0 Å². The normalized spacial score (nSPS) is 11.6. The molecule has 0 saturated carbocycles. The molecule has 0 aliphatic rings. The van der Waals surface area contributed by atoms with E-state index in [1.54, 1.807) is 12.1 Å². The van der Waals surface area contributed by atoms with Crippen LogP contribution in [0.4, 0.5) is 4.39 Å². The van der Waals surface area contributed by atoms with Gasteiger partial charge in [-0.15, -0.1) is 0 Å². The fraction of sp³-hybridized carbons (Fsp3) is 0.350. The number of halogens is 1. The van der Waals surface area contributed by atoms with Crippen molar-refractivity contribution in [2.45, 2.75) is 26.3 Å². The second kappa shape index (κ2) is 9.62. The standard InChI is InChI=1S/C20H25FN2O3S/c1-16-3-5-18(6-4-16)15-22-20(24)12-14-23(27(2,25)26)13-11-17-7-9-19(21)10-8-17/h3-10H,11-15H2,1-2H3,(H,22,24). The Kier molecular flexibility index (Phi) is 7.50. The summed E-state index contributed by atoms with van der Waals surface area (Å²) in [7, 11) is -3.43. The Morgan fingerprint density at radius 2 is 1.59 bits per heavy atom. The minimum atomic E-state index is -3.43. The number of hydrogen-bond donors (Lipinski definition) is 1. The van der Waals surface area contributed by atoms with Crippen molar-refractivity contribution in [2.24, 2.45) is 0 Å². The lowest BCUT2D eigenvalue weighted by atomic mass is 10.1. The Morgan fingerprint density at radius 1 is 1.00 bits per heavy atom. The van der Waals surface area contributed by atoms with Gasteiger partial charge in [-0.3, -0.25) is 4.79 Å². The largest absolute Gasteiger partial charge is 0.352 e. The molecule has 0 radical (unpaired) electrons. The molecular weight excluding hydrogens is 367 g/mol. The lowest BCUT2D eigenvalue weighted by molar-refractivity contribution is -0.121. The van der Waals surface area contributed by atoms with Crippen LogP contribution in [0.25, 0.3) is 0 Å². The summed E-state index contributed by atoms with van der Waals surface area (Å²) in [6.07, 6.45) is 1.67. The summed E-state index contributed by atoms with van der Waals surface area (Å²) < 4.78 is 38.2. The van der Waals surface area contributed by atoms with Crippen LogP contribution in [0.15, 0.2) is 48.5 Å². The first kappa shape index (κ1) is 21.1. The zero-order chi connectivity index (χ0) is 19.9. The average molecular weight is 392 g/mol. The molecule has 0 aliphatic carbocycles. The van der Waals surface area contributed by atoms with Crippen LogP contribution in [0.5, 0.6) is 0 Å². The molecule has 2 rings (SSSR count). The average Bonchev–Trinajstić information content (AvgIpc) is 2.61. The van der Waals surface area contributed by atoms with Gasteiger partial charge < -0.3 is 5.32 Å². The van der Waals surface area contributed by atoms with Gasteiger partial charge in [-0.2, -0.15) is 0 Å². The third-order valence-electron chi connectivity index (χ3n) is 4.23. The molecule has 0 atom stereocenters. The van der Waals surface area contributed by atoms with E-state index >= 15 is 0 Å². The number of carbonyl (C=O) groups is 1. The molecule has 0 saturated heterocycles. The van der Waals surface area contributed by atoms with Gasteiger partial charge in [-0.25, -0.2) is 17.1 Å². The second-order valence-electron chi connectivity index (χ2n) is 6.55. The van der Waals surface area contributed by atoms with E-state index in [4.69, 9.17) is 0 Å². The smallest absolute Gasteiger partial charge is 0.221 e. The number of amides is 1. The maximum absolute atomic E-state index is 12.9. The van der Waals surface area contributed by atoms with Crippen molar-refractivity contribution in [2.75, 3.05) is 19.3 Å². The van der Waals surface area contributed by atoms with Crippen LogP contribution in [-0.4, -0.2) is 38.0 Å². The molecule has 5 nitrogen and oxygen atoms in total. The van der Waals surface area contributed by atoms with E-state index in [9.17, 15) is 17.6 Å². The number of sulfonamides is 1. The zero-order valence-electron chi connectivity index (χ0n) is 15.6. The van der Waals surface area contributed by atoms with Crippen molar-refractivity contribution in [3.63, 3.8) is 0 Å². The molecule has 0 heterocycles. The monoisotopic (exact) mass is 392 g/mol. The van der Waals surface area contributed by atoms with Gasteiger partial charge in [0, 0.05) is 26.1 Å². The molecular formula is C20H25FN2O3S. The van der Waals surface area contributed by atoms with Gasteiger partial charge in [0.15, 0.2) is 0 Å². The number of carbonyl (C=O) groups excluding carboxylic acids is 1. The number of aryl methyl sites for hydroxylation is 1. The van der Waals surface area contributed by atoms with E-state index < -0.39 is 10.0 Å². The fourth-order valence-corrected chi connectivity index (χ4v) is 3.42. The number of hydrogen-bond acceptors (Lipinski definition) is 3. The number of nitrogens with zero attached hydrogens (tertiary/aromatic N) is 1. The van der Waals surface area contributed by atoms with Crippen LogP contribution in [0, 0.1) is 12.7 Å². The van der Waals surface area contributed by atoms with Crippen molar-refractivity contribution < 1.29 is 17.6 Å². The van der Waals surface area contributed by atoms with Crippen LogP contribution in [0.1, 0.15) is 23.1 Å². The Balaban J connectivity index is 1.83. The molecule has 1 amide bonds. The summed E-state index contributed by atoms with van der Waals surface area (Å²) in [5, 5.41) is 2.80. The third kappa shape index (κ3) is 7.48. The lowest BCUT2D eigenvalue weighted by Crippen LogP contribution is -2.35. The van der Waals surface area contributed by atoms with Crippen molar-refractivity contribution in [3.05, 3.63) is 71.0 Å². The molecule has 1 N–H and O–H groups in total. The van der Waals surface area contributed by atoms with Crippen molar-refractivity contribution >= 4 is 15.9 Å². The number of benzene rings is 2. The van der Waals surface area contributed by atoms with Gasteiger partial charge in [0.1, 0.15) is 5.82 Å². The lowest BCUT2D eigenvalue weighted by Gasteiger charge is -2.19. The number of nitrogens with one attached hydrogen (secondary N) is 1. The van der Waals surface area contributed by atoms with Crippen molar-refractivity contribution in [1.29, 1.82) is 0 Å². The molecule has 2 aromatic carbocycles. The van der Waals surface area contributed by atoms with Gasteiger partial charge in [0.25, 0.3) is 0 Å². The summed E-state index contributed by atoms with van der Waals surface area (Å²) in [6.45, 7) is 2.76. The van der Waals surface area contributed by atoms with E-state index in [0.717, 1.165) is 22.9 Å². The SMILES string of the molecule is Cc1ccc(CNC(=O)CCN(CCc2ccc(F)cc2)S(C)(=O)=O)cc1. The molecule has 0 bridgehead atoms. The van der Waals surface area contributed by atoms with Crippen LogP contribution in [-0.2, 0) is 27.8 Å². The van der Waals surface area contributed by atoms with E-state index in [0.29, 0.717) is 13.0 Å². The molecule has 0 unspecified atom stereocenters. The first-order chi connectivity index (χ1) is 12.7. The van der Waals surface area contributed by atoms with Crippen molar-refractivity contribution in [1.82, 2.24) is 9.62 Å². The summed E-state index contributed by atoms with van der Waals surface area (Å²) in [6, 6.07) is 13.8. The molecule has 2 aromatic rings. The quantitative estimate of drug-likeness (QED) is 0.713. The topological polar surface area (TPSA) is 66.5 Å². The highest BCUT2D eigenvalue weighted by Gasteiger charge is 2.17. The van der Waals surface area contributed by atoms with Gasteiger partial charge >= 0.3 is 0 Å². The molecule has 0 spiro atoms. The van der Waals surface area contributed by atoms with Gasteiger partial charge in [-0.05, 0) is 36.6 Å². The van der Waals surface area contributed by atoms with E-state index in [-0.39, 0.29) is 31.2 Å². The van der Waals surface area contributed by atoms with E-state index in [2.05, 4.69) is 5.32 Å². The Labute approximate surface area is 160 Å². The predicted molar refractivity (Wildman–Crippen MR) is 104 cm³/mol. The zero-order valence-corrected chi connectivity index (χ0v) is 16.4. The molecule has 146 valence electrons. The minimum Gasteiger partial charge on any atom is -0.352 e. The first-order valence-corrected chi connectivity index (χ1v) is 10.6. The second-order valence-corrected chi connectivity index (χ2v) is 8.53. The molecule has 7 heteroatoms. The minimum absolute atomic E-state index is 0.0857. The highest BCUT2D eigenvalue weighted by molar-refractivity contribution is 7.88. The third-order valence-corrected chi connectivity index (χ3v) is 5.53. The van der Waals surface area contributed by atoms with Gasteiger partial charge in [0.05, 0.1) is 6.26 Å². The Morgan fingerprint density at radius 3 is 2.19 bits per heavy atom. The predicted octanol–water partition coefficient (Wildman–Crippen LogP) is 2.64. The number of rotatable bonds is 9. The Hall–Kier alpha value is -2.25. The van der Waals surface area contributed by atoms with E-state index in [1.165, 1.54) is 16.4 Å². The van der Waals surface area contributed by atoms with Crippen molar-refractivity contribution in [3.8, 4) is 0 Å². The maximum atomic E-state index is 12.9. The highest BCUT2D eigenvalue weighted by atomic mass is 32.2. The van der Waals surface area contributed by atoms with Crippen LogP contribution < -0.4 is 5.32 Å². The van der Waals surface area contributed by atoms with Crippen LogP contribution >= 0.6 is 0 Å². The molecule has 0 aliphatic heterocycles. The maximum Gasteiger partial charge on any atom is 0.221 e. The summed E-state index contributed by atoms with van der Waals surface area (Å²) >= 11 is 0. The fourth-order valence-electron chi connectivity index (χ4n) is 2.57. The van der Waals surface area contributed by atoms with Crippen LogP contribution in [0.3, 0.4) is 0 Å². The Bertz CT molecular complexity index is 850. The summed E-state index contributed by atoms with van der Waals surface area (Å²) in [5.74, 6) is -0.532. The summed E-state index contributed by atoms with van der Waals surface area (Å²) in [5.41, 5.74) is 2.98. The molecule has 0 fully saturated rings. The molecule has 0 aromatic heterocycles. The molecule has 27 heavy (non-hydrogen) atoms. The van der Waals surface area contributed by atoms with Gasteiger partial charge in [0.2, 0.25) is 15.9 Å². The first-order valence-electron chi connectivity index (χ1n) is 8.76. The highest BCUT2D eigenvalue weighted by Crippen LogP contribution is 2.08. The van der Waals surface area contributed by atoms with E-state index in [1.807, 2.05) is 31.2 Å². The summed E-state index contributed by atoms with van der Waals surface area (Å²) in [4.78, 5) is 12.1. The van der Waals surface area contributed by atoms with Gasteiger partial charge in [-0.1, -0.05) is 42.0 Å².